The highest BCUT2D eigenvalue weighted by molar-refractivity contribution is 6.42. The van der Waals surface area contributed by atoms with Gasteiger partial charge in [0.15, 0.2) is 0 Å². The molecule has 0 aromatic heterocycles. The lowest BCUT2D eigenvalue weighted by molar-refractivity contribution is -0.136. The molecule has 1 aromatic rings. The summed E-state index contributed by atoms with van der Waals surface area (Å²) in [4.78, 5) is 53.9. The molecule has 2 N–H and O–H groups in total. The van der Waals surface area contributed by atoms with Gasteiger partial charge in [-0.1, -0.05) is 29.3 Å². The van der Waals surface area contributed by atoms with E-state index in [-0.39, 0.29) is 42.4 Å². The Hall–Kier alpha value is -2.58. The third-order valence-electron chi connectivity index (χ3n) is 6.11. The standard InChI is InChI=1S/C23H28Cl2N4O4/c24-18-3-1-16(15-19(18)25)2-4-20(30)28-11-8-22(32)29(14-13-28)12-7-21(31)27-9-5-17(6-10-27)23(26)33/h1-4,15,17H,5-14H2,(H2,26,33). The lowest BCUT2D eigenvalue weighted by Gasteiger charge is -2.31. The molecule has 0 atom stereocenters. The Morgan fingerprint density at radius 3 is 2.39 bits per heavy atom. The number of nitrogens with zero attached hydrogens (tertiary/aromatic N) is 3. The average molecular weight is 495 g/mol. The van der Waals surface area contributed by atoms with Crippen LogP contribution in [0.25, 0.3) is 6.08 Å². The van der Waals surface area contributed by atoms with Gasteiger partial charge in [0.25, 0.3) is 0 Å². The molecule has 2 heterocycles. The number of likely N-dealkylation sites (tertiary alicyclic amines) is 1. The zero-order valence-corrected chi connectivity index (χ0v) is 19.9. The number of primary amides is 1. The molecule has 0 saturated carbocycles. The summed E-state index contributed by atoms with van der Waals surface area (Å²) in [6.07, 6.45) is 4.71. The van der Waals surface area contributed by atoms with Crippen LogP contribution in [0.4, 0.5) is 0 Å². The molecule has 4 amide bonds. The first-order valence-electron chi connectivity index (χ1n) is 11.0. The first-order chi connectivity index (χ1) is 15.7. The number of nitrogens with two attached hydrogens (primary N) is 1. The van der Waals surface area contributed by atoms with Crippen LogP contribution in [0, 0.1) is 5.92 Å². The Balaban J connectivity index is 1.47. The van der Waals surface area contributed by atoms with Gasteiger partial charge in [-0.15, -0.1) is 0 Å². The summed E-state index contributed by atoms with van der Waals surface area (Å²) >= 11 is 11.9. The van der Waals surface area contributed by atoms with Crippen molar-refractivity contribution >= 4 is 52.9 Å². The maximum atomic E-state index is 12.6. The Kier molecular flexibility index (Phi) is 8.74. The third-order valence-corrected chi connectivity index (χ3v) is 6.85. The number of hydrogen-bond acceptors (Lipinski definition) is 4. The van der Waals surface area contributed by atoms with Gasteiger partial charge in [0.2, 0.25) is 23.6 Å². The molecule has 2 saturated heterocycles. The van der Waals surface area contributed by atoms with E-state index in [1.807, 2.05) is 0 Å². The van der Waals surface area contributed by atoms with Crippen molar-refractivity contribution in [3.05, 3.63) is 39.9 Å². The largest absolute Gasteiger partial charge is 0.369 e. The van der Waals surface area contributed by atoms with Gasteiger partial charge in [-0.3, -0.25) is 19.2 Å². The van der Waals surface area contributed by atoms with Crippen LogP contribution in [0.15, 0.2) is 24.3 Å². The van der Waals surface area contributed by atoms with Crippen LogP contribution in [0.3, 0.4) is 0 Å². The molecule has 0 aliphatic carbocycles. The number of rotatable bonds is 6. The van der Waals surface area contributed by atoms with Gasteiger partial charge in [-0.2, -0.15) is 0 Å². The molecular weight excluding hydrogens is 467 g/mol. The molecule has 178 valence electrons. The van der Waals surface area contributed by atoms with Gasteiger partial charge in [-0.25, -0.2) is 0 Å². The minimum Gasteiger partial charge on any atom is -0.369 e. The zero-order valence-electron chi connectivity index (χ0n) is 18.3. The lowest BCUT2D eigenvalue weighted by atomic mass is 9.96. The predicted octanol–water partition coefficient (Wildman–Crippen LogP) is 2.18. The summed E-state index contributed by atoms with van der Waals surface area (Å²) in [5.74, 6) is -0.783. The van der Waals surface area contributed by atoms with E-state index >= 15 is 0 Å². The fourth-order valence-corrected chi connectivity index (χ4v) is 4.32. The van der Waals surface area contributed by atoms with Crippen LogP contribution in [0.5, 0.6) is 0 Å². The first kappa shape index (κ1) is 25.1. The summed E-state index contributed by atoms with van der Waals surface area (Å²) < 4.78 is 0. The minimum absolute atomic E-state index is 0.0348. The van der Waals surface area contributed by atoms with Gasteiger partial charge in [-0.05, 0) is 36.6 Å². The second kappa shape index (κ2) is 11.5. The van der Waals surface area contributed by atoms with E-state index in [0.717, 1.165) is 5.56 Å². The van der Waals surface area contributed by atoms with Crippen LogP contribution < -0.4 is 5.73 Å². The van der Waals surface area contributed by atoms with Crippen molar-refractivity contribution in [2.45, 2.75) is 25.7 Å². The van der Waals surface area contributed by atoms with E-state index in [1.54, 1.807) is 39.0 Å². The fraction of sp³-hybridized carbons (Fsp3) is 0.478. The normalized spacial score (nSPS) is 18.0. The number of amides is 4. The molecule has 0 bridgehead atoms. The molecule has 33 heavy (non-hydrogen) atoms. The Morgan fingerprint density at radius 1 is 1.00 bits per heavy atom. The van der Waals surface area contributed by atoms with Crippen LogP contribution in [0.1, 0.15) is 31.2 Å². The van der Waals surface area contributed by atoms with E-state index in [1.165, 1.54) is 6.08 Å². The number of carbonyl (C=O) groups excluding carboxylic acids is 4. The Labute approximate surface area is 203 Å². The van der Waals surface area contributed by atoms with E-state index in [0.29, 0.717) is 62.2 Å². The smallest absolute Gasteiger partial charge is 0.246 e. The third kappa shape index (κ3) is 6.95. The van der Waals surface area contributed by atoms with Crippen LogP contribution in [0.2, 0.25) is 10.0 Å². The zero-order chi connectivity index (χ0) is 24.0. The van der Waals surface area contributed by atoms with Crippen molar-refractivity contribution in [2.24, 2.45) is 11.7 Å². The maximum absolute atomic E-state index is 12.6. The molecule has 8 nitrogen and oxygen atoms in total. The second-order valence-electron chi connectivity index (χ2n) is 8.27. The summed E-state index contributed by atoms with van der Waals surface area (Å²) in [5.41, 5.74) is 6.09. The van der Waals surface area contributed by atoms with Crippen LogP contribution >= 0.6 is 23.2 Å². The molecule has 0 spiro atoms. The highest BCUT2D eigenvalue weighted by atomic mass is 35.5. The minimum atomic E-state index is -0.317. The van der Waals surface area contributed by atoms with Crippen molar-refractivity contribution in [1.29, 1.82) is 0 Å². The molecule has 2 aliphatic rings. The van der Waals surface area contributed by atoms with Gasteiger partial charge in [0.1, 0.15) is 0 Å². The topological polar surface area (TPSA) is 104 Å². The van der Waals surface area contributed by atoms with E-state index in [9.17, 15) is 19.2 Å². The molecule has 0 radical (unpaired) electrons. The molecular formula is C23H28Cl2N4O4. The molecule has 3 rings (SSSR count). The monoisotopic (exact) mass is 494 g/mol. The summed E-state index contributed by atoms with van der Waals surface area (Å²) in [6.45, 7) is 2.43. The number of benzene rings is 1. The molecule has 0 unspecified atom stereocenters. The van der Waals surface area contributed by atoms with Crippen molar-refractivity contribution in [2.75, 3.05) is 39.3 Å². The first-order valence-corrected chi connectivity index (χ1v) is 11.8. The SMILES string of the molecule is NC(=O)C1CCN(C(=O)CCN2CCN(C(=O)C=Cc3ccc(Cl)c(Cl)c3)CCC2=O)CC1. The van der Waals surface area contributed by atoms with E-state index < -0.39 is 0 Å². The Bertz CT molecular complexity index is 944. The van der Waals surface area contributed by atoms with Gasteiger partial charge < -0.3 is 20.4 Å². The summed E-state index contributed by atoms with van der Waals surface area (Å²) in [7, 11) is 0. The van der Waals surface area contributed by atoms with Gasteiger partial charge >= 0.3 is 0 Å². The molecule has 2 fully saturated rings. The van der Waals surface area contributed by atoms with Crippen LogP contribution in [-0.2, 0) is 19.2 Å². The average Bonchev–Trinajstić information content (AvgIpc) is 2.99. The maximum Gasteiger partial charge on any atom is 0.246 e. The number of hydrogen-bond donors (Lipinski definition) is 1. The quantitative estimate of drug-likeness (QED) is 0.611. The summed E-state index contributed by atoms with van der Waals surface area (Å²) in [6, 6.07) is 5.10. The number of piperidine rings is 1. The highest BCUT2D eigenvalue weighted by Gasteiger charge is 2.27. The molecule has 2 aliphatic heterocycles. The van der Waals surface area contributed by atoms with Crippen LogP contribution in [-0.4, -0.2) is 77.6 Å². The van der Waals surface area contributed by atoms with Crippen molar-refractivity contribution in [3.8, 4) is 0 Å². The summed E-state index contributed by atoms with van der Waals surface area (Å²) in [5, 5.41) is 0.856. The van der Waals surface area contributed by atoms with Crippen molar-refractivity contribution in [1.82, 2.24) is 14.7 Å². The van der Waals surface area contributed by atoms with Gasteiger partial charge in [0.05, 0.1) is 10.0 Å². The molecule has 1 aromatic carbocycles. The second-order valence-corrected chi connectivity index (χ2v) is 9.08. The fourth-order valence-electron chi connectivity index (χ4n) is 4.01. The van der Waals surface area contributed by atoms with E-state index in [4.69, 9.17) is 28.9 Å². The lowest BCUT2D eigenvalue weighted by Crippen LogP contribution is -2.43. The predicted molar refractivity (Wildman–Crippen MR) is 126 cm³/mol. The van der Waals surface area contributed by atoms with Crippen molar-refractivity contribution < 1.29 is 19.2 Å². The Morgan fingerprint density at radius 2 is 1.73 bits per heavy atom. The van der Waals surface area contributed by atoms with Crippen molar-refractivity contribution in [3.63, 3.8) is 0 Å². The van der Waals surface area contributed by atoms with Gasteiger partial charge in [0, 0.05) is 64.1 Å². The molecule has 10 heteroatoms. The number of carbonyl (C=O) groups is 4. The highest BCUT2D eigenvalue weighted by Crippen LogP contribution is 2.23. The van der Waals surface area contributed by atoms with E-state index in [2.05, 4.69) is 0 Å². The number of halogens is 2.